The third kappa shape index (κ3) is 1.97. The Labute approximate surface area is 125 Å². The van der Waals surface area contributed by atoms with E-state index in [-0.39, 0.29) is 5.91 Å². The van der Waals surface area contributed by atoms with Crippen molar-refractivity contribution < 1.29 is 9.90 Å². The Kier molecular flexibility index (Phi) is 3.17. The average Bonchev–Trinajstić information content (AvgIpc) is 2.63. The van der Waals surface area contributed by atoms with Crippen LogP contribution < -0.4 is 4.90 Å². The van der Waals surface area contributed by atoms with E-state index in [1.54, 1.807) is 18.3 Å². The number of pyridine rings is 1. The maximum Gasteiger partial charge on any atom is 0.261 e. The van der Waals surface area contributed by atoms with E-state index in [2.05, 4.69) is 4.98 Å². The van der Waals surface area contributed by atoms with Gasteiger partial charge in [0, 0.05) is 23.0 Å². The molecular weight excluding hydrogens is 299 g/mol. The first-order chi connectivity index (χ1) is 9.49. The molecule has 1 aliphatic rings. The Balaban J connectivity index is 2.12. The summed E-state index contributed by atoms with van der Waals surface area (Å²) in [5.74, 6) is -0.309. The standard InChI is InChI=1S/C14H10Cl2N2O2/c1-7-4-8(2-3-17-7)18-13(19)9-5-11(15)12(16)6-10(9)14(18)20/h2-6,13,19H,1H3. The quantitative estimate of drug-likeness (QED) is 0.879. The molecule has 0 saturated carbocycles. The van der Waals surface area contributed by atoms with Crippen molar-refractivity contribution >= 4 is 34.8 Å². The van der Waals surface area contributed by atoms with Crippen molar-refractivity contribution in [3.05, 3.63) is 57.3 Å². The van der Waals surface area contributed by atoms with Crippen LogP contribution in [-0.4, -0.2) is 16.0 Å². The first-order valence-electron chi connectivity index (χ1n) is 5.92. The van der Waals surface area contributed by atoms with Crippen LogP contribution in [0.4, 0.5) is 5.69 Å². The van der Waals surface area contributed by atoms with Gasteiger partial charge in [0.25, 0.3) is 5.91 Å². The van der Waals surface area contributed by atoms with Gasteiger partial charge in [0.05, 0.1) is 15.7 Å². The monoisotopic (exact) mass is 308 g/mol. The van der Waals surface area contributed by atoms with Crippen LogP contribution in [0.1, 0.15) is 27.8 Å². The van der Waals surface area contributed by atoms with E-state index < -0.39 is 6.23 Å². The predicted octanol–water partition coefficient (Wildman–Crippen LogP) is 3.35. The summed E-state index contributed by atoms with van der Waals surface area (Å²) in [6.45, 7) is 1.82. The number of benzene rings is 1. The summed E-state index contributed by atoms with van der Waals surface area (Å²) < 4.78 is 0. The summed E-state index contributed by atoms with van der Waals surface area (Å²) in [4.78, 5) is 17.8. The maximum atomic E-state index is 12.4. The first kappa shape index (κ1) is 13.4. The van der Waals surface area contributed by atoms with Gasteiger partial charge in [-0.15, -0.1) is 0 Å². The molecule has 2 aromatic rings. The van der Waals surface area contributed by atoms with Crippen molar-refractivity contribution in [2.45, 2.75) is 13.2 Å². The van der Waals surface area contributed by atoms with Gasteiger partial charge in [-0.25, -0.2) is 0 Å². The van der Waals surface area contributed by atoms with Crippen molar-refractivity contribution in [3.63, 3.8) is 0 Å². The summed E-state index contributed by atoms with van der Waals surface area (Å²) >= 11 is 11.9. The molecular formula is C14H10Cl2N2O2. The highest BCUT2D eigenvalue weighted by Gasteiger charge is 2.37. The second-order valence-corrected chi connectivity index (χ2v) is 5.37. The van der Waals surface area contributed by atoms with Crippen molar-refractivity contribution in [2.75, 3.05) is 4.90 Å². The molecule has 1 atom stereocenters. The number of carbonyl (C=O) groups excluding carboxylic acids is 1. The lowest BCUT2D eigenvalue weighted by Gasteiger charge is -2.21. The molecule has 1 aliphatic heterocycles. The van der Waals surface area contributed by atoms with Crippen LogP contribution in [0.2, 0.25) is 10.0 Å². The molecule has 20 heavy (non-hydrogen) atoms. The fraction of sp³-hybridized carbons (Fsp3) is 0.143. The first-order valence-corrected chi connectivity index (χ1v) is 6.68. The number of aliphatic hydroxyl groups excluding tert-OH is 1. The van der Waals surface area contributed by atoms with E-state index in [1.165, 1.54) is 17.0 Å². The molecule has 0 radical (unpaired) electrons. The summed E-state index contributed by atoms with van der Waals surface area (Å²) in [5, 5.41) is 11.0. The minimum absolute atomic E-state index is 0.290. The Morgan fingerprint density at radius 2 is 1.95 bits per heavy atom. The molecule has 0 fully saturated rings. The lowest BCUT2D eigenvalue weighted by Crippen LogP contribution is -2.27. The lowest BCUT2D eigenvalue weighted by molar-refractivity contribution is 0.0935. The highest BCUT2D eigenvalue weighted by Crippen LogP contribution is 2.39. The number of halogens is 2. The van der Waals surface area contributed by atoms with Gasteiger partial charge in [-0.3, -0.25) is 14.7 Å². The topological polar surface area (TPSA) is 53.4 Å². The molecule has 0 saturated heterocycles. The Bertz CT molecular complexity index is 718. The molecule has 0 spiro atoms. The van der Waals surface area contributed by atoms with E-state index in [9.17, 15) is 9.90 Å². The number of nitrogens with zero attached hydrogens (tertiary/aromatic N) is 2. The number of amides is 1. The second kappa shape index (κ2) is 4.74. The molecule has 0 bridgehead atoms. The fourth-order valence-electron chi connectivity index (χ4n) is 2.28. The zero-order valence-electron chi connectivity index (χ0n) is 10.5. The third-order valence-corrected chi connectivity index (χ3v) is 3.94. The Morgan fingerprint density at radius 1 is 1.25 bits per heavy atom. The van der Waals surface area contributed by atoms with Crippen LogP contribution in [0.5, 0.6) is 0 Å². The molecule has 1 amide bonds. The number of aryl methyl sites for hydroxylation is 1. The summed E-state index contributed by atoms with van der Waals surface area (Å²) in [6, 6.07) is 6.41. The summed E-state index contributed by atoms with van der Waals surface area (Å²) in [6.07, 6.45) is 0.516. The number of aliphatic hydroxyl groups is 1. The van der Waals surface area contributed by atoms with Crippen molar-refractivity contribution in [1.29, 1.82) is 0 Å². The smallest absolute Gasteiger partial charge is 0.261 e. The molecule has 1 unspecified atom stereocenters. The number of hydrogen-bond acceptors (Lipinski definition) is 3. The van der Waals surface area contributed by atoms with Crippen molar-refractivity contribution in [1.82, 2.24) is 4.98 Å². The van der Waals surface area contributed by atoms with E-state index in [4.69, 9.17) is 23.2 Å². The lowest BCUT2D eigenvalue weighted by atomic mass is 10.1. The Morgan fingerprint density at radius 3 is 2.65 bits per heavy atom. The van der Waals surface area contributed by atoms with Crippen LogP contribution in [0.15, 0.2) is 30.5 Å². The average molecular weight is 309 g/mol. The van der Waals surface area contributed by atoms with E-state index in [0.717, 1.165) is 5.69 Å². The highest BCUT2D eigenvalue weighted by molar-refractivity contribution is 6.42. The summed E-state index contributed by atoms with van der Waals surface area (Å²) in [5.41, 5.74) is 2.16. The molecule has 1 aromatic carbocycles. The molecule has 2 heterocycles. The molecule has 0 aliphatic carbocycles. The number of fused-ring (bicyclic) bond motifs is 1. The fourth-order valence-corrected chi connectivity index (χ4v) is 2.62. The normalized spacial score (nSPS) is 17.5. The Hall–Kier alpha value is -1.62. The number of rotatable bonds is 1. The van der Waals surface area contributed by atoms with Crippen LogP contribution >= 0.6 is 23.2 Å². The number of anilines is 1. The van der Waals surface area contributed by atoms with E-state index in [0.29, 0.717) is 26.9 Å². The minimum Gasteiger partial charge on any atom is -0.369 e. The molecule has 1 aromatic heterocycles. The molecule has 6 heteroatoms. The van der Waals surface area contributed by atoms with Gasteiger partial charge >= 0.3 is 0 Å². The van der Waals surface area contributed by atoms with Gasteiger partial charge in [0.2, 0.25) is 0 Å². The van der Waals surface area contributed by atoms with Crippen LogP contribution in [0, 0.1) is 6.92 Å². The van der Waals surface area contributed by atoms with Gasteiger partial charge in [0.15, 0.2) is 6.23 Å². The zero-order chi connectivity index (χ0) is 14.4. The van der Waals surface area contributed by atoms with E-state index in [1.807, 2.05) is 6.92 Å². The number of hydrogen-bond donors (Lipinski definition) is 1. The highest BCUT2D eigenvalue weighted by atomic mass is 35.5. The van der Waals surface area contributed by atoms with Gasteiger partial charge in [-0.1, -0.05) is 23.2 Å². The molecule has 4 nitrogen and oxygen atoms in total. The van der Waals surface area contributed by atoms with Crippen LogP contribution in [0.3, 0.4) is 0 Å². The van der Waals surface area contributed by atoms with E-state index >= 15 is 0 Å². The third-order valence-electron chi connectivity index (χ3n) is 3.22. The number of aromatic nitrogens is 1. The zero-order valence-corrected chi connectivity index (χ0v) is 12.0. The van der Waals surface area contributed by atoms with Crippen LogP contribution in [0.25, 0.3) is 0 Å². The van der Waals surface area contributed by atoms with Gasteiger partial charge in [-0.05, 0) is 31.2 Å². The van der Waals surface area contributed by atoms with Crippen molar-refractivity contribution in [2.24, 2.45) is 0 Å². The maximum absolute atomic E-state index is 12.4. The number of carbonyl (C=O) groups is 1. The largest absolute Gasteiger partial charge is 0.369 e. The van der Waals surface area contributed by atoms with Gasteiger partial charge < -0.3 is 5.11 Å². The SMILES string of the molecule is Cc1cc(N2C(=O)c3cc(Cl)c(Cl)cc3C2O)ccn1. The van der Waals surface area contributed by atoms with Gasteiger partial charge in [-0.2, -0.15) is 0 Å². The van der Waals surface area contributed by atoms with Crippen LogP contribution in [-0.2, 0) is 0 Å². The van der Waals surface area contributed by atoms with Crippen molar-refractivity contribution in [3.8, 4) is 0 Å². The molecule has 102 valence electrons. The molecule has 1 N–H and O–H groups in total. The molecule has 3 rings (SSSR count). The van der Waals surface area contributed by atoms with Gasteiger partial charge in [0.1, 0.15) is 0 Å². The predicted molar refractivity (Wildman–Crippen MR) is 77.2 cm³/mol. The minimum atomic E-state index is -1.07. The summed E-state index contributed by atoms with van der Waals surface area (Å²) in [7, 11) is 0. The second-order valence-electron chi connectivity index (χ2n) is 4.56.